The number of nitrogens with zero attached hydrogens (tertiary/aromatic N) is 2. The van der Waals surface area contributed by atoms with E-state index in [-0.39, 0.29) is 0 Å². The Hall–Kier alpha value is -0.870. The van der Waals surface area contributed by atoms with Crippen molar-refractivity contribution in [3.8, 4) is 0 Å². The first-order valence-corrected chi connectivity index (χ1v) is 5.61. The summed E-state index contributed by atoms with van der Waals surface area (Å²) in [6, 6.07) is 2.03. The van der Waals surface area contributed by atoms with Crippen LogP contribution in [-0.4, -0.2) is 29.5 Å². The van der Waals surface area contributed by atoms with Gasteiger partial charge in [0.2, 0.25) is 0 Å². The van der Waals surface area contributed by atoms with Crippen LogP contribution in [0.2, 0.25) is 0 Å². The van der Waals surface area contributed by atoms with Gasteiger partial charge in [-0.2, -0.15) is 5.10 Å². The normalized spacial score (nSPS) is 15.8. The van der Waals surface area contributed by atoms with E-state index >= 15 is 0 Å². The second-order valence-electron chi connectivity index (χ2n) is 4.14. The van der Waals surface area contributed by atoms with E-state index in [1.807, 2.05) is 24.0 Å². The maximum atomic E-state index is 5.52. The lowest BCUT2D eigenvalue weighted by atomic mass is 10.4. The summed E-state index contributed by atoms with van der Waals surface area (Å²) in [5, 5.41) is 7.45. The van der Waals surface area contributed by atoms with Crippen molar-refractivity contribution in [1.82, 2.24) is 15.1 Å². The van der Waals surface area contributed by atoms with E-state index in [0.717, 1.165) is 32.2 Å². The van der Waals surface area contributed by atoms with Crippen molar-refractivity contribution in [3.05, 3.63) is 18.0 Å². The zero-order valence-electron chi connectivity index (χ0n) is 9.28. The third-order valence-corrected chi connectivity index (χ3v) is 2.70. The Bertz CT molecular complexity index is 294. The predicted octanol–water partition coefficient (Wildman–Crippen LogP) is 0.936. The molecule has 0 spiro atoms. The van der Waals surface area contributed by atoms with Gasteiger partial charge in [0.25, 0.3) is 0 Å². The van der Waals surface area contributed by atoms with Crippen molar-refractivity contribution in [2.24, 2.45) is 13.0 Å². The first-order valence-electron chi connectivity index (χ1n) is 5.61. The molecule has 4 nitrogen and oxygen atoms in total. The molecule has 0 atom stereocenters. The lowest BCUT2D eigenvalue weighted by Gasteiger charge is -2.05. The zero-order valence-corrected chi connectivity index (χ0v) is 9.28. The van der Waals surface area contributed by atoms with Gasteiger partial charge < -0.3 is 10.1 Å². The predicted molar refractivity (Wildman–Crippen MR) is 58.5 cm³/mol. The van der Waals surface area contributed by atoms with Crippen molar-refractivity contribution in [2.45, 2.75) is 19.4 Å². The molecule has 1 aliphatic rings. The quantitative estimate of drug-likeness (QED) is 0.679. The summed E-state index contributed by atoms with van der Waals surface area (Å²) >= 11 is 0. The number of hydrogen-bond donors (Lipinski definition) is 1. The zero-order chi connectivity index (χ0) is 10.5. The summed E-state index contributed by atoms with van der Waals surface area (Å²) in [5.41, 5.74) is 1.21. The minimum Gasteiger partial charge on any atom is -0.380 e. The van der Waals surface area contributed by atoms with Crippen LogP contribution in [0.4, 0.5) is 0 Å². The minimum absolute atomic E-state index is 0.814. The number of nitrogens with one attached hydrogen (secondary N) is 1. The Morgan fingerprint density at radius 3 is 3.13 bits per heavy atom. The van der Waals surface area contributed by atoms with Crippen LogP contribution in [0.3, 0.4) is 0 Å². The molecule has 0 radical (unpaired) electrons. The summed E-state index contributed by atoms with van der Waals surface area (Å²) in [4.78, 5) is 0. The van der Waals surface area contributed by atoms with Crippen molar-refractivity contribution in [1.29, 1.82) is 0 Å². The van der Waals surface area contributed by atoms with Gasteiger partial charge in [-0.05, 0) is 24.8 Å². The fourth-order valence-corrected chi connectivity index (χ4v) is 1.47. The highest BCUT2D eigenvalue weighted by atomic mass is 16.5. The first-order chi connectivity index (χ1) is 7.36. The van der Waals surface area contributed by atoms with Gasteiger partial charge in [0.15, 0.2) is 0 Å². The standard InChI is InChI=1S/C11H19N3O/c1-14-11(4-5-13-14)8-12-6-7-15-9-10-2-3-10/h4-5,10,12H,2-3,6-9H2,1H3. The molecule has 0 aromatic carbocycles. The van der Waals surface area contributed by atoms with Gasteiger partial charge in [0.05, 0.1) is 12.3 Å². The Morgan fingerprint density at radius 2 is 2.47 bits per heavy atom. The molecule has 2 rings (SSSR count). The molecule has 1 aromatic rings. The Labute approximate surface area is 90.6 Å². The second kappa shape index (κ2) is 5.28. The summed E-state index contributed by atoms with van der Waals surface area (Å²) in [6.45, 7) is 3.54. The third kappa shape index (κ3) is 3.64. The van der Waals surface area contributed by atoms with Gasteiger partial charge in [-0.1, -0.05) is 0 Å². The van der Waals surface area contributed by atoms with Gasteiger partial charge in [-0.15, -0.1) is 0 Å². The molecule has 1 N–H and O–H groups in total. The highest BCUT2D eigenvalue weighted by Crippen LogP contribution is 2.28. The largest absolute Gasteiger partial charge is 0.380 e. The molecule has 1 aliphatic carbocycles. The smallest absolute Gasteiger partial charge is 0.0591 e. The Morgan fingerprint density at radius 1 is 1.60 bits per heavy atom. The molecule has 0 saturated heterocycles. The molecule has 0 amide bonds. The van der Waals surface area contributed by atoms with Crippen molar-refractivity contribution >= 4 is 0 Å². The fourth-order valence-electron chi connectivity index (χ4n) is 1.47. The van der Waals surface area contributed by atoms with Gasteiger partial charge in [-0.3, -0.25) is 4.68 Å². The van der Waals surface area contributed by atoms with Gasteiger partial charge >= 0.3 is 0 Å². The summed E-state index contributed by atoms with van der Waals surface area (Å²) < 4.78 is 7.41. The number of ether oxygens (including phenoxy) is 1. The molecule has 4 heteroatoms. The summed E-state index contributed by atoms with van der Waals surface area (Å²) in [6.07, 6.45) is 4.55. The van der Waals surface area contributed by atoms with Crippen LogP contribution in [-0.2, 0) is 18.3 Å². The average molecular weight is 209 g/mol. The molecule has 0 aliphatic heterocycles. The van der Waals surface area contributed by atoms with E-state index < -0.39 is 0 Å². The van der Waals surface area contributed by atoms with Crippen LogP contribution in [0, 0.1) is 5.92 Å². The molecule has 1 saturated carbocycles. The number of hydrogen-bond acceptors (Lipinski definition) is 3. The topological polar surface area (TPSA) is 39.1 Å². The molecule has 0 unspecified atom stereocenters. The Kier molecular flexibility index (Phi) is 3.75. The SMILES string of the molecule is Cn1nccc1CNCCOCC1CC1. The fraction of sp³-hybridized carbons (Fsp3) is 0.727. The second-order valence-corrected chi connectivity index (χ2v) is 4.14. The molecular weight excluding hydrogens is 190 g/mol. The number of aromatic nitrogens is 2. The number of rotatable bonds is 7. The maximum Gasteiger partial charge on any atom is 0.0591 e. The van der Waals surface area contributed by atoms with E-state index in [0.29, 0.717) is 0 Å². The van der Waals surface area contributed by atoms with Gasteiger partial charge in [0.1, 0.15) is 0 Å². The van der Waals surface area contributed by atoms with E-state index in [9.17, 15) is 0 Å². The van der Waals surface area contributed by atoms with Gasteiger partial charge in [0, 0.05) is 32.9 Å². The highest BCUT2D eigenvalue weighted by molar-refractivity contribution is 4.98. The van der Waals surface area contributed by atoms with Crippen LogP contribution in [0.25, 0.3) is 0 Å². The maximum absolute atomic E-state index is 5.52. The van der Waals surface area contributed by atoms with E-state index in [2.05, 4.69) is 10.4 Å². The van der Waals surface area contributed by atoms with Crippen molar-refractivity contribution in [3.63, 3.8) is 0 Å². The van der Waals surface area contributed by atoms with Crippen molar-refractivity contribution < 1.29 is 4.74 Å². The third-order valence-electron chi connectivity index (χ3n) is 2.70. The molecule has 1 fully saturated rings. The van der Waals surface area contributed by atoms with Crippen LogP contribution in [0.5, 0.6) is 0 Å². The molecule has 15 heavy (non-hydrogen) atoms. The summed E-state index contributed by atoms with van der Waals surface area (Å²) in [5.74, 6) is 0.863. The van der Waals surface area contributed by atoms with Gasteiger partial charge in [-0.25, -0.2) is 0 Å². The Balaban J connectivity index is 1.49. The van der Waals surface area contributed by atoms with Crippen LogP contribution in [0.1, 0.15) is 18.5 Å². The lowest BCUT2D eigenvalue weighted by molar-refractivity contribution is 0.126. The molecule has 1 heterocycles. The first kappa shape index (κ1) is 10.6. The number of aryl methyl sites for hydroxylation is 1. The van der Waals surface area contributed by atoms with Crippen molar-refractivity contribution in [2.75, 3.05) is 19.8 Å². The minimum atomic E-state index is 0.814. The molecule has 1 aromatic heterocycles. The van der Waals surface area contributed by atoms with Crippen LogP contribution >= 0.6 is 0 Å². The molecule has 0 bridgehead atoms. The summed E-state index contributed by atoms with van der Waals surface area (Å²) in [7, 11) is 1.96. The van der Waals surface area contributed by atoms with Crippen LogP contribution in [0.15, 0.2) is 12.3 Å². The highest BCUT2D eigenvalue weighted by Gasteiger charge is 2.20. The average Bonchev–Trinajstić information content (AvgIpc) is 2.96. The lowest BCUT2D eigenvalue weighted by Crippen LogP contribution is -2.21. The van der Waals surface area contributed by atoms with E-state index in [1.54, 1.807) is 0 Å². The van der Waals surface area contributed by atoms with E-state index in [1.165, 1.54) is 18.5 Å². The van der Waals surface area contributed by atoms with E-state index in [4.69, 9.17) is 4.74 Å². The molecule has 84 valence electrons. The molecular formula is C11H19N3O. The van der Waals surface area contributed by atoms with Crippen LogP contribution < -0.4 is 5.32 Å². The monoisotopic (exact) mass is 209 g/mol.